The molecule has 0 aliphatic heterocycles. The molecule has 0 radical (unpaired) electrons. The minimum atomic E-state index is 0.645. The van der Waals surface area contributed by atoms with E-state index in [1.165, 1.54) is 24.0 Å². The summed E-state index contributed by atoms with van der Waals surface area (Å²) in [5.74, 6) is 0.710. The van der Waals surface area contributed by atoms with E-state index in [-0.39, 0.29) is 0 Å². The van der Waals surface area contributed by atoms with Crippen molar-refractivity contribution in [2.45, 2.75) is 25.4 Å². The fraction of sp³-hybridized carbons (Fsp3) is 0.294. The van der Waals surface area contributed by atoms with Gasteiger partial charge >= 0.3 is 0 Å². The van der Waals surface area contributed by atoms with Gasteiger partial charge in [-0.05, 0) is 47.7 Å². The maximum atomic E-state index is 6.19. The van der Waals surface area contributed by atoms with Crippen molar-refractivity contribution in [2.24, 2.45) is 0 Å². The molecule has 0 spiro atoms. The molecule has 0 atom stereocenters. The van der Waals surface area contributed by atoms with Gasteiger partial charge in [0.1, 0.15) is 5.75 Å². The molecule has 0 bridgehead atoms. The zero-order chi connectivity index (χ0) is 13.9. The number of rotatable bonds is 5. The molecule has 0 aromatic heterocycles. The van der Waals surface area contributed by atoms with E-state index in [4.69, 9.17) is 16.3 Å². The summed E-state index contributed by atoms with van der Waals surface area (Å²) in [6, 6.07) is 15.2. The van der Waals surface area contributed by atoms with E-state index in [2.05, 4.69) is 29.6 Å². The Hall–Kier alpha value is -1.51. The summed E-state index contributed by atoms with van der Waals surface area (Å²) in [5, 5.41) is 4.18. The monoisotopic (exact) mass is 287 g/mol. The Balaban J connectivity index is 1.81. The first-order valence-electron chi connectivity index (χ1n) is 6.92. The summed E-state index contributed by atoms with van der Waals surface area (Å²) in [6.07, 6.45) is 2.63. The van der Waals surface area contributed by atoms with Crippen molar-refractivity contribution in [3.05, 3.63) is 53.1 Å². The van der Waals surface area contributed by atoms with Crippen LogP contribution in [0.5, 0.6) is 5.75 Å². The lowest BCUT2D eigenvalue weighted by atomic mass is 10.0. The molecule has 3 rings (SSSR count). The molecular formula is C17H18ClNO. The van der Waals surface area contributed by atoms with E-state index < -0.39 is 0 Å². The molecule has 0 amide bonds. The maximum absolute atomic E-state index is 6.19. The zero-order valence-corrected chi connectivity index (χ0v) is 12.3. The lowest BCUT2D eigenvalue weighted by Crippen LogP contribution is -2.15. The first-order valence-corrected chi connectivity index (χ1v) is 7.30. The molecule has 1 aliphatic rings. The molecule has 3 heteroatoms. The van der Waals surface area contributed by atoms with Crippen molar-refractivity contribution >= 4 is 11.6 Å². The Morgan fingerprint density at radius 3 is 2.65 bits per heavy atom. The van der Waals surface area contributed by atoms with Crippen LogP contribution in [-0.4, -0.2) is 13.2 Å². The average molecular weight is 288 g/mol. The average Bonchev–Trinajstić information content (AvgIpc) is 3.29. The summed E-state index contributed by atoms with van der Waals surface area (Å²) in [5.41, 5.74) is 3.61. The highest BCUT2D eigenvalue weighted by Crippen LogP contribution is 2.30. The summed E-state index contributed by atoms with van der Waals surface area (Å²) < 4.78 is 5.19. The van der Waals surface area contributed by atoms with Gasteiger partial charge in [-0.15, -0.1) is 0 Å². The number of halogens is 1. The molecular weight excluding hydrogens is 270 g/mol. The van der Waals surface area contributed by atoms with Crippen molar-refractivity contribution in [3.63, 3.8) is 0 Å². The second kappa shape index (κ2) is 5.86. The minimum absolute atomic E-state index is 0.645. The molecule has 1 fully saturated rings. The van der Waals surface area contributed by atoms with Crippen LogP contribution in [0.1, 0.15) is 18.4 Å². The Labute approximate surface area is 124 Å². The predicted octanol–water partition coefficient (Wildman–Crippen LogP) is 4.27. The predicted molar refractivity (Wildman–Crippen MR) is 83.3 cm³/mol. The van der Waals surface area contributed by atoms with Crippen molar-refractivity contribution in [1.82, 2.24) is 5.32 Å². The standard InChI is InChI=1S/C17H18ClNO/c1-20-17-8-5-14(10-16(17)18)13-4-2-3-12(9-13)11-19-15-6-7-15/h2-5,8-10,15,19H,6-7,11H2,1H3. The first kappa shape index (κ1) is 13.5. The lowest BCUT2D eigenvalue weighted by Gasteiger charge is -2.09. The van der Waals surface area contributed by atoms with Crippen LogP contribution in [0.25, 0.3) is 11.1 Å². The van der Waals surface area contributed by atoms with Gasteiger partial charge in [0.25, 0.3) is 0 Å². The third-order valence-electron chi connectivity index (χ3n) is 3.58. The van der Waals surface area contributed by atoms with Crippen molar-refractivity contribution in [1.29, 1.82) is 0 Å². The molecule has 1 saturated carbocycles. The summed E-state index contributed by atoms with van der Waals surface area (Å²) >= 11 is 6.19. The van der Waals surface area contributed by atoms with Gasteiger partial charge in [0, 0.05) is 12.6 Å². The molecule has 20 heavy (non-hydrogen) atoms. The molecule has 1 aliphatic carbocycles. The third-order valence-corrected chi connectivity index (χ3v) is 3.88. The largest absolute Gasteiger partial charge is 0.495 e. The van der Waals surface area contributed by atoms with Gasteiger partial charge in [0.15, 0.2) is 0 Å². The normalized spacial score (nSPS) is 14.3. The van der Waals surface area contributed by atoms with Gasteiger partial charge in [0.05, 0.1) is 12.1 Å². The van der Waals surface area contributed by atoms with E-state index in [1.54, 1.807) is 7.11 Å². The Bertz CT molecular complexity index is 608. The van der Waals surface area contributed by atoms with Crippen LogP contribution in [0.4, 0.5) is 0 Å². The number of nitrogens with one attached hydrogen (secondary N) is 1. The van der Waals surface area contributed by atoms with Crippen molar-refractivity contribution in [2.75, 3.05) is 7.11 Å². The van der Waals surface area contributed by atoms with Gasteiger partial charge in [-0.25, -0.2) is 0 Å². The third kappa shape index (κ3) is 3.14. The van der Waals surface area contributed by atoms with Crippen molar-refractivity contribution in [3.8, 4) is 16.9 Å². The van der Waals surface area contributed by atoms with Crippen molar-refractivity contribution < 1.29 is 4.74 Å². The fourth-order valence-electron chi connectivity index (χ4n) is 2.26. The molecule has 2 aromatic rings. The quantitative estimate of drug-likeness (QED) is 0.887. The highest BCUT2D eigenvalue weighted by atomic mass is 35.5. The number of hydrogen-bond donors (Lipinski definition) is 1. The fourth-order valence-corrected chi connectivity index (χ4v) is 2.51. The molecule has 0 saturated heterocycles. The highest BCUT2D eigenvalue weighted by Gasteiger charge is 2.19. The topological polar surface area (TPSA) is 21.3 Å². The molecule has 104 valence electrons. The zero-order valence-electron chi connectivity index (χ0n) is 11.5. The molecule has 0 unspecified atom stereocenters. The molecule has 2 aromatic carbocycles. The van der Waals surface area contributed by atoms with Gasteiger partial charge in [0.2, 0.25) is 0 Å². The second-order valence-electron chi connectivity index (χ2n) is 5.20. The Kier molecular flexibility index (Phi) is 3.95. The molecule has 2 nitrogen and oxygen atoms in total. The van der Waals surface area contributed by atoms with E-state index >= 15 is 0 Å². The van der Waals surface area contributed by atoms with E-state index in [0.717, 1.165) is 18.2 Å². The van der Waals surface area contributed by atoms with Gasteiger partial charge in [-0.2, -0.15) is 0 Å². The van der Waals surface area contributed by atoms with Crippen LogP contribution >= 0.6 is 11.6 Å². The maximum Gasteiger partial charge on any atom is 0.137 e. The van der Waals surface area contributed by atoms with Gasteiger partial charge in [-0.1, -0.05) is 35.9 Å². The summed E-state index contributed by atoms with van der Waals surface area (Å²) in [6.45, 7) is 0.933. The number of methoxy groups -OCH3 is 1. The highest BCUT2D eigenvalue weighted by molar-refractivity contribution is 6.32. The van der Waals surface area contributed by atoms with Gasteiger partial charge in [-0.3, -0.25) is 0 Å². The molecule has 1 N–H and O–H groups in total. The summed E-state index contributed by atoms with van der Waals surface area (Å²) in [4.78, 5) is 0. The van der Waals surface area contributed by atoms with Crippen LogP contribution in [0.3, 0.4) is 0 Å². The van der Waals surface area contributed by atoms with E-state index in [1.807, 2.05) is 18.2 Å². The lowest BCUT2D eigenvalue weighted by molar-refractivity contribution is 0.415. The number of hydrogen-bond acceptors (Lipinski definition) is 2. The number of benzene rings is 2. The second-order valence-corrected chi connectivity index (χ2v) is 5.61. The minimum Gasteiger partial charge on any atom is -0.495 e. The van der Waals surface area contributed by atoms with Crippen LogP contribution in [0, 0.1) is 0 Å². The smallest absolute Gasteiger partial charge is 0.137 e. The van der Waals surface area contributed by atoms with Crippen LogP contribution in [-0.2, 0) is 6.54 Å². The van der Waals surface area contributed by atoms with Gasteiger partial charge < -0.3 is 10.1 Å². The SMILES string of the molecule is COc1ccc(-c2cccc(CNC3CC3)c2)cc1Cl. The Morgan fingerprint density at radius 1 is 1.15 bits per heavy atom. The van der Waals surface area contributed by atoms with E-state index in [9.17, 15) is 0 Å². The number of ether oxygens (including phenoxy) is 1. The summed E-state index contributed by atoms with van der Waals surface area (Å²) in [7, 11) is 1.63. The van der Waals surface area contributed by atoms with E-state index in [0.29, 0.717) is 10.8 Å². The van der Waals surface area contributed by atoms with Crippen LogP contribution in [0.15, 0.2) is 42.5 Å². The Morgan fingerprint density at radius 2 is 1.95 bits per heavy atom. The van der Waals surface area contributed by atoms with Crippen LogP contribution < -0.4 is 10.1 Å². The molecule has 0 heterocycles. The van der Waals surface area contributed by atoms with Crippen LogP contribution in [0.2, 0.25) is 5.02 Å². The first-order chi connectivity index (χ1) is 9.76.